The molecular formula is C15H15FN4. The lowest BCUT2D eigenvalue weighted by Crippen LogP contribution is -2.12. The summed E-state index contributed by atoms with van der Waals surface area (Å²) in [6.45, 7) is 0. The molecule has 2 aromatic rings. The zero-order valence-electron chi connectivity index (χ0n) is 11.1. The average Bonchev–Trinajstić information content (AvgIpc) is 2.92. The smallest absolute Gasteiger partial charge is 0.186 e. The molecule has 1 fully saturated rings. The van der Waals surface area contributed by atoms with Gasteiger partial charge in [-0.05, 0) is 31.0 Å². The van der Waals surface area contributed by atoms with Gasteiger partial charge in [-0.2, -0.15) is 5.26 Å². The van der Waals surface area contributed by atoms with Crippen molar-refractivity contribution in [3.05, 3.63) is 41.5 Å². The van der Waals surface area contributed by atoms with E-state index in [4.69, 9.17) is 0 Å². The number of benzene rings is 1. The summed E-state index contributed by atoms with van der Waals surface area (Å²) in [7, 11) is 0. The highest BCUT2D eigenvalue weighted by Crippen LogP contribution is 2.34. The molecule has 1 aliphatic carbocycles. The molecule has 4 nitrogen and oxygen atoms in total. The van der Waals surface area contributed by atoms with Crippen LogP contribution in [0.1, 0.15) is 49.4 Å². The molecule has 0 saturated heterocycles. The summed E-state index contributed by atoms with van der Waals surface area (Å²) in [4.78, 5) is 0. The number of rotatable bonds is 2. The molecule has 0 radical (unpaired) electrons. The summed E-state index contributed by atoms with van der Waals surface area (Å²) in [6, 6.07) is 8.35. The first-order valence-corrected chi connectivity index (χ1v) is 6.91. The second-order valence-corrected chi connectivity index (χ2v) is 5.16. The molecule has 0 N–H and O–H groups in total. The third-order valence-corrected chi connectivity index (χ3v) is 3.86. The largest absolute Gasteiger partial charge is 0.216 e. The summed E-state index contributed by atoms with van der Waals surface area (Å²) in [5.74, 6) is -0.0252. The maximum atomic E-state index is 13.4. The monoisotopic (exact) mass is 270 g/mol. The Morgan fingerprint density at radius 3 is 2.75 bits per heavy atom. The Kier molecular flexibility index (Phi) is 3.46. The summed E-state index contributed by atoms with van der Waals surface area (Å²) in [5.41, 5.74) is 1.82. The normalized spacial score (nSPS) is 16.0. The van der Waals surface area contributed by atoms with Crippen molar-refractivity contribution >= 4 is 0 Å². The van der Waals surface area contributed by atoms with Crippen molar-refractivity contribution in [1.29, 1.82) is 5.26 Å². The lowest BCUT2D eigenvalue weighted by atomic mass is 9.86. The first-order chi connectivity index (χ1) is 9.79. The minimum absolute atomic E-state index is 0.289. The topological polar surface area (TPSA) is 54.5 Å². The quantitative estimate of drug-likeness (QED) is 0.841. The maximum absolute atomic E-state index is 13.4. The molecule has 0 bridgehead atoms. The molecule has 0 aliphatic heterocycles. The van der Waals surface area contributed by atoms with Gasteiger partial charge >= 0.3 is 0 Å². The Bertz CT molecular complexity index is 650. The van der Waals surface area contributed by atoms with E-state index in [-0.39, 0.29) is 11.7 Å². The van der Waals surface area contributed by atoms with Crippen LogP contribution in [0, 0.1) is 17.1 Å². The predicted octanol–water partition coefficient (Wildman–Crippen LogP) is 3.33. The highest BCUT2D eigenvalue weighted by Gasteiger charge is 2.25. The number of aromatic nitrogens is 3. The lowest BCUT2D eigenvalue weighted by molar-refractivity contribution is 0.429. The molecule has 1 aliphatic rings. The first-order valence-electron chi connectivity index (χ1n) is 6.91. The second-order valence-electron chi connectivity index (χ2n) is 5.16. The van der Waals surface area contributed by atoms with E-state index in [0.717, 1.165) is 31.4 Å². The van der Waals surface area contributed by atoms with Crippen LogP contribution in [0.4, 0.5) is 4.39 Å². The molecule has 1 aromatic carbocycles. The van der Waals surface area contributed by atoms with Crippen LogP contribution < -0.4 is 0 Å². The van der Waals surface area contributed by atoms with Crippen LogP contribution in [0.25, 0.3) is 5.69 Å². The van der Waals surface area contributed by atoms with Gasteiger partial charge in [-0.25, -0.2) is 9.07 Å². The van der Waals surface area contributed by atoms with Crippen molar-refractivity contribution in [2.45, 2.75) is 38.0 Å². The van der Waals surface area contributed by atoms with Gasteiger partial charge in [0.05, 0.1) is 11.4 Å². The number of hydrogen-bond acceptors (Lipinski definition) is 3. The summed E-state index contributed by atoms with van der Waals surface area (Å²) in [5, 5.41) is 17.2. The fourth-order valence-corrected chi connectivity index (χ4v) is 2.91. The van der Waals surface area contributed by atoms with Gasteiger partial charge in [-0.15, -0.1) is 5.10 Å². The van der Waals surface area contributed by atoms with Crippen molar-refractivity contribution in [3.8, 4) is 11.8 Å². The van der Waals surface area contributed by atoms with E-state index in [0.29, 0.717) is 11.4 Å². The van der Waals surface area contributed by atoms with E-state index in [9.17, 15) is 9.65 Å². The highest BCUT2D eigenvalue weighted by molar-refractivity contribution is 5.38. The van der Waals surface area contributed by atoms with Crippen molar-refractivity contribution in [2.24, 2.45) is 0 Å². The number of hydrogen-bond donors (Lipinski definition) is 0. The standard InChI is InChI=1S/C15H15FN4/c16-12-7-4-8-13(9-12)20-15(14(10-17)18-19-20)11-5-2-1-3-6-11/h4,7-9,11H,1-3,5-6H2. The SMILES string of the molecule is N#Cc1nnn(-c2cccc(F)c2)c1C1CCCCC1. The van der Waals surface area contributed by atoms with Gasteiger partial charge < -0.3 is 0 Å². The van der Waals surface area contributed by atoms with Crippen molar-refractivity contribution in [2.75, 3.05) is 0 Å². The van der Waals surface area contributed by atoms with Gasteiger partial charge in [0.1, 0.15) is 11.9 Å². The number of halogens is 1. The number of nitrogens with zero attached hydrogens (tertiary/aromatic N) is 4. The third-order valence-electron chi connectivity index (χ3n) is 3.86. The molecule has 5 heteroatoms. The Morgan fingerprint density at radius 2 is 2.05 bits per heavy atom. The van der Waals surface area contributed by atoms with Crippen molar-refractivity contribution in [1.82, 2.24) is 15.0 Å². The Hall–Kier alpha value is -2.22. The van der Waals surface area contributed by atoms with Crippen LogP contribution >= 0.6 is 0 Å². The average molecular weight is 270 g/mol. The van der Waals surface area contributed by atoms with Crippen LogP contribution in [0.5, 0.6) is 0 Å². The Morgan fingerprint density at radius 1 is 1.25 bits per heavy atom. The summed E-state index contributed by atoms with van der Waals surface area (Å²) < 4.78 is 15.0. The molecule has 102 valence electrons. The molecule has 1 heterocycles. The van der Waals surface area contributed by atoms with Crippen LogP contribution in [-0.2, 0) is 0 Å². The minimum Gasteiger partial charge on any atom is -0.216 e. The second kappa shape index (κ2) is 5.41. The van der Waals surface area contributed by atoms with E-state index >= 15 is 0 Å². The van der Waals surface area contributed by atoms with E-state index < -0.39 is 0 Å². The van der Waals surface area contributed by atoms with Crippen molar-refractivity contribution < 1.29 is 4.39 Å². The van der Waals surface area contributed by atoms with Crippen LogP contribution in [0.3, 0.4) is 0 Å². The molecule has 0 amide bonds. The van der Waals surface area contributed by atoms with E-state index in [2.05, 4.69) is 16.4 Å². The molecule has 1 aromatic heterocycles. The third kappa shape index (κ3) is 2.29. The first kappa shape index (κ1) is 12.8. The van der Waals surface area contributed by atoms with Gasteiger partial charge in [0.15, 0.2) is 5.69 Å². The zero-order valence-corrected chi connectivity index (χ0v) is 11.1. The molecule has 1 saturated carbocycles. The van der Waals surface area contributed by atoms with Crippen molar-refractivity contribution in [3.63, 3.8) is 0 Å². The predicted molar refractivity (Wildman–Crippen MR) is 71.9 cm³/mol. The molecule has 0 spiro atoms. The maximum Gasteiger partial charge on any atom is 0.186 e. The van der Waals surface area contributed by atoms with Crippen LogP contribution in [0.2, 0.25) is 0 Å². The van der Waals surface area contributed by atoms with E-state index in [1.165, 1.54) is 18.6 Å². The molecule has 0 atom stereocenters. The minimum atomic E-state index is -0.314. The van der Waals surface area contributed by atoms with Crippen LogP contribution in [0.15, 0.2) is 24.3 Å². The molecule has 0 unspecified atom stereocenters. The lowest BCUT2D eigenvalue weighted by Gasteiger charge is -2.22. The Labute approximate surface area is 116 Å². The highest BCUT2D eigenvalue weighted by atomic mass is 19.1. The van der Waals surface area contributed by atoms with Gasteiger partial charge in [-0.1, -0.05) is 30.5 Å². The van der Waals surface area contributed by atoms with Gasteiger partial charge in [0.2, 0.25) is 0 Å². The fraction of sp³-hybridized carbons (Fsp3) is 0.400. The number of nitriles is 1. The zero-order chi connectivity index (χ0) is 13.9. The molecule has 3 rings (SSSR count). The van der Waals surface area contributed by atoms with Gasteiger partial charge in [0, 0.05) is 5.92 Å². The summed E-state index contributed by atoms with van der Waals surface area (Å²) >= 11 is 0. The van der Waals surface area contributed by atoms with E-state index in [1.807, 2.05) is 0 Å². The summed E-state index contributed by atoms with van der Waals surface area (Å²) in [6.07, 6.45) is 5.63. The van der Waals surface area contributed by atoms with E-state index in [1.54, 1.807) is 16.8 Å². The Balaban J connectivity index is 2.07. The fourth-order valence-electron chi connectivity index (χ4n) is 2.91. The van der Waals surface area contributed by atoms with Gasteiger partial charge in [0.25, 0.3) is 0 Å². The molecular weight excluding hydrogens is 255 g/mol. The van der Waals surface area contributed by atoms with Crippen LogP contribution in [-0.4, -0.2) is 15.0 Å². The van der Waals surface area contributed by atoms with Gasteiger partial charge in [-0.3, -0.25) is 0 Å². The molecule has 20 heavy (non-hydrogen) atoms.